The Bertz CT molecular complexity index is 1040. The number of hydrogen-bond donors (Lipinski definition) is 1. The number of halogens is 1. The number of anilines is 1. The van der Waals surface area contributed by atoms with Gasteiger partial charge in [0.15, 0.2) is 0 Å². The molecule has 0 saturated heterocycles. The van der Waals surface area contributed by atoms with Gasteiger partial charge in [-0.3, -0.25) is 9.78 Å². The summed E-state index contributed by atoms with van der Waals surface area (Å²) >= 11 is 0. The Balaban J connectivity index is 1.71. The van der Waals surface area contributed by atoms with Crippen molar-refractivity contribution in [3.8, 4) is 5.75 Å². The molecule has 1 aliphatic carbocycles. The number of nitrogens with zero attached hydrogens (tertiary/aromatic N) is 1. The van der Waals surface area contributed by atoms with Crippen LogP contribution in [-0.2, 0) is 10.2 Å². The van der Waals surface area contributed by atoms with Crippen LogP contribution in [0.25, 0.3) is 10.9 Å². The second kappa shape index (κ2) is 8.42. The van der Waals surface area contributed by atoms with Gasteiger partial charge in [0.2, 0.25) is 5.91 Å². The predicted molar refractivity (Wildman–Crippen MR) is 117 cm³/mol. The Labute approximate surface area is 176 Å². The number of fused-ring (bicyclic) bond motifs is 1. The van der Waals surface area contributed by atoms with Crippen molar-refractivity contribution in [2.24, 2.45) is 0 Å². The molecule has 0 atom stereocenters. The number of carbonyl (C=O) groups is 1. The summed E-state index contributed by atoms with van der Waals surface area (Å²) in [4.78, 5) is 18.1. The highest BCUT2D eigenvalue weighted by atomic mass is 19.1. The van der Waals surface area contributed by atoms with Crippen molar-refractivity contribution in [1.82, 2.24) is 4.98 Å². The van der Waals surface area contributed by atoms with E-state index in [0.29, 0.717) is 11.4 Å². The third-order valence-corrected chi connectivity index (χ3v) is 5.88. The van der Waals surface area contributed by atoms with E-state index in [-0.39, 0.29) is 17.8 Å². The smallest absolute Gasteiger partial charge is 0.235 e. The SMILES string of the molecule is CC(C)Oc1ccc(NC(=O)C2(c3ccc(F)cc3)CCCCC2)c2cccnc12. The highest BCUT2D eigenvalue weighted by Crippen LogP contribution is 2.41. The zero-order valence-corrected chi connectivity index (χ0v) is 17.5. The molecule has 1 fully saturated rings. The molecule has 4 nitrogen and oxygen atoms in total. The van der Waals surface area contributed by atoms with Gasteiger partial charge in [0, 0.05) is 11.6 Å². The van der Waals surface area contributed by atoms with E-state index >= 15 is 0 Å². The summed E-state index contributed by atoms with van der Waals surface area (Å²) in [7, 11) is 0. The van der Waals surface area contributed by atoms with E-state index in [0.717, 1.165) is 48.6 Å². The molecule has 30 heavy (non-hydrogen) atoms. The largest absolute Gasteiger partial charge is 0.489 e. The van der Waals surface area contributed by atoms with Crippen LogP contribution in [0.2, 0.25) is 0 Å². The summed E-state index contributed by atoms with van der Waals surface area (Å²) in [6.45, 7) is 3.94. The minimum atomic E-state index is -0.645. The van der Waals surface area contributed by atoms with Crippen molar-refractivity contribution in [3.63, 3.8) is 0 Å². The van der Waals surface area contributed by atoms with Crippen LogP contribution in [-0.4, -0.2) is 17.0 Å². The van der Waals surface area contributed by atoms with Crippen LogP contribution in [0, 0.1) is 5.82 Å². The van der Waals surface area contributed by atoms with Gasteiger partial charge in [0.1, 0.15) is 17.1 Å². The second-order valence-electron chi connectivity index (χ2n) is 8.28. The number of benzene rings is 2. The number of aromatic nitrogens is 1. The standard InChI is InChI=1S/C25H27FN2O2/c1-17(2)30-22-13-12-21(20-7-6-16-27-23(20)22)28-24(29)25(14-4-3-5-15-25)18-8-10-19(26)11-9-18/h6-13,16-17H,3-5,14-15H2,1-2H3,(H,28,29). The maximum Gasteiger partial charge on any atom is 0.235 e. The molecule has 0 aliphatic heterocycles. The molecule has 4 rings (SSSR count). The molecule has 0 unspecified atom stereocenters. The first kappa shape index (κ1) is 20.3. The summed E-state index contributed by atoms with van der Waals surface area (Å²) in [5.74, 6) is 0.365. The van der Waals surface area contributed by atoms with Gasteiger partial charge in [-0.2, -0.15) is 0 Å². The number of rotatable bonds is 5. The lowest BCUT2D eigenvalue weighted by atomic mass is 9.68. The monoisotopic (exact) mass is 406 g/mol. The first-order valence-electron chi connectivity index (χ1n) is 10.6. The van der Waals surface area contributed by atoms with Crippen molar-refractivity contribution >= 4 is 22.5 Å². The van der Waals surface area contributed by atoms with E-state index in [1.165, 1.54) is 12.1 Å². The van der Waals surface area contributed by atoms with Gasteiger partial charge in [0.05, 0.1) is 17.2 Å². The second-order valence-corrected chi connectivity index (χ2v) is 8.28. The molecule has 1 aliphatic rings. The minimum absolute atomic E-state index is 0.0274. The van der Waals surface area contributed by atoms with Crippen molar-refractivity contribution in [2.75, 3.05) is 5.32 Å². The molecule has 0 bridgehead atoms. The zero-order chi connectivity index (χ0) is 21.1. The van der Waals surface area contributed by atoms with Crippen LogP contribution < -0.4 is 10.1 Å². The van der Waals surface area contributed by atoms with Crippen LogP contribution in [0.1, 0.15) is 51.5 Å². The fraction of sp³-hybridized carbons (Fsp3) is 0.360. The highest BCUT2D eigenvalue weighted by molar-refractivity contribution is 6.06. The summed E-state index contributed by atoms with van der Waals surface area (Å²) in [6, 6.07) is 13.9. The van der Waals surface area contributed by atoms with E-state index in [4.69, 9.17) is 4.74 Å². The molecule has 0 radical (unpaired) electrons. The van der Waals surface area contributed by atoms with Gasteiger partial charge in [0.25, 0.3) is 0 Å². The van der Waals surface area contributed by atoms with Gasteiger partial charge >= 0.3 is 0 Å². The molecule has 156 valence electrons. The number of carbonyl (C=O) groups excluding carboxylic acids is 1. The third-order valence-electron chi connectivity index (χ3n) is 5.88. The number of ether oxygens (including phenoxy) is 1. The first-order valence-corrected chi connectivity index (χ1v) is 10.6. The molecule has 3 aromatic rings. The summed E-state index contributed by atoms with van der Waals surface area (Å²) in [6.07, 6.45) is 6.35. The molecular weight excluding hydrogens is 379 g/mol. The zero-order valence-electron chi connectivity index (χ0n) is 17.5. The van der Waals surface area contributed by atoms with Crippen LogP contribution in [0.4, 0.5) is 10.1 Å². The lowest BCUT2D eigenvalue weighted by Crippen LogP contribution is -2.42. The van der Waals surface area contributed by atoms with Crippen molar-refractivity contribution in [2.45, 2.75) is 57.5 Å². The van der Waals surface area contributed by atoms with Gasteiger partial charge in [-0.25, -0.2) is 4.39 Å². The average molecular weight is 407 g/mol. The average Bonchev–Trinajstić information content (AvgIpc) is 2.76. The Morgan fingerprint density at radius 3 is 2.50 bits per heavy atom. The van der Waals surface area contributed by atoms with E-state index in [1.54, 1.807) is 18.3 Å². The molecule has 1 N–H and O–H groups in total. The Morgan fingerprint density at radius 2 is 1.80 bits per heavy atom. The van der Waals surface area contributed by atoms with E-state index in [2.05, 4.69) is 10.3 Å². The molecule has 5 heteroatoms. The van der Waals surface area contributed by atoms with Crippen LogP contribution >= 0.6 is 0 Å². The predicted octanol–water partition coefficient (Wildman–Crippen LogP) is 6.00. The number of pyridine rings is 1. The summed E-state index contributed by atoms with van der Waals surface area (Å²) < 4.78 is 19.4. The normalized spacial score (nSPS) is 15.9. The molecular formula is C25H27FN2O2. The Hall–Kier alpha value is -2.95. The molecule has 0 spiro atoms. The fourth-order valence-corrected chi connectivity index (χ4v) is 4.42. The number of hydrogen-bond acceptors (Lipinski definition) is 3. The molecule has 1 heterocycles. The lowest BCUT2D eigenvalue weighted by Gasteiger charge is -2.36. The molecule has 1 aromatic heterocycles. The van der Waals surface area contributed by atoms with Crippen molar-refractivity contribution < 1.29 is 13.9 Å². The third kappa shape index (κ3) is 3.89. The quantitative estimate of drug-likeness (QED) is 0.565. The summed E-state index contributed by atoms with van der Waals surface area (Å²) in [5.41, 5.74) is 1.67. The van der Waals surface area contributed by atoms with Crippen molar-refractivity contribution in [1.29, 1.82) is 0 Å². The van der Waals surface area contributed by atoms with Crippen molar-refractivity contribution in [3.05, 3.63) is 66.1 Å². The molecule has 1 amide bonds. The van der Waals surface area contributed by atoms with Gasteiger partial charge in [-0.05, 0) is 68.7 Å². The maximum atomic E-state index is 13.6. The Morgan fingerprint density at radius 1 is 1.07 bits per heavy atom. The maximum absolute atomic E-state index is 13.6. The lowest BCUT2D eigenvalue weighted by molar-refractivity contribution is -0.122. The fourth-order valence-electron chi connectivity index (χ4n) is 4.42. The number of nitrogens with one attached hydrogen (secondary N) is 1. The van der Waals surface area contributed by atoms with Gasteiger partial charge < -0.3 is 10.1 Å². The van der Waals surface area contributed by atoms with E-state index in [1.807, 2.05) is 38.1 Å². The highest BCUT2D eigenvalue weighted by Gasteiger charge is 2.41. The topological polar surface area (TPSA) is 51.2 Å². The van der Waals surface area contributed by atoms with Gasteiger partial charge in [-0.15, -0.1) is 0 Å². The van der Waals surface area contributed by atoms with Crippen LogP contribution in [0.15, 0.2) is 54.7 Å². The first-order chi connectivity index (χ1) is 14.5. The van der Waals surface area contributed by atoms with Crippen LogP contribution in [0.5, 0.6) is 5.75 Å². The van der Waals surface area contributed by atoms with Gasteiger partial charge in [-0.1, -0.05) is 31.4 Å². The van der Waals surface area contributed by atoms with E-state index in [9.17, 15) is 9.18 Å². The van der Waals surface area contributed by atoms with E-state index < -0.39 is 5.41 Å². The number of amides is 1. The molecule has 1 saturated carbocycles. The minimum Gasteiger partial charge on any atom is -0.489 e. The summed E-state index contributed by atoms with van der Waals surface area (Å²) in [5, 5.41) is 4.00. The molecule has 2 aromatic carbocycles. The van der Waals surface area contributed by atoms with Crippen LogP contribution in [0.3, 0.4) is 0 Å². The Kier molecular flexibility index (Phi) is 5.71.